The molecule has 2 aliphatic carbocycles. The lowest BCUT2D eigenvalue weighted by Gasteiger charge is -2.32. The first-order valence-electron chi connectivity index (χ1n) is 20.9. The number of piperidine rings is 2. The van der Waals surface area contributed by atoms with Gasteiger partial charge in [-0.1, -0.05) is 58.9 Å². The minimum atomic E-state index is -0.692. The molecular formula is C45H56N8O6. The number of aromatic nitrogens is 4. The number of H-pyrrole nitrogens is 2. The Bertz CT molecular complexity index is 2280. The van der Waals surface area contributed by atoms with E-state index in [1.165, 1.54) is 14.2 Å². The number of carbonyl (C=O) groups excluding carboxylic acids is 4. The summed E-state index contributed by atoms with van der Waals surface area (Å²) in [6.07, 6.45) is 5.24. The number of fused-ring (bicyclic) bond motifs is 2. The van der Waals surface area contributed by atoms with Crippen molar-refractivity contribution in [3.05, 3.63) is 71.6 Å². The monoisotopic (exact) mass is 804 g/mol. The lowest BCUT2D eigenvalue weighted by Crippen LogP contribution is -2.52. The first-order valence-corrected chi connectivity index (χ1v) is 20.9. The Labute approximate surface area is 345 Å². The van der Waals surface area contributed by atoms with E-state index in [1.807, 2.05) is 49.9 Å². The quantitative estimate of drug-likeness (QED) is 0.124. The van der Waals surface area contributed by atoms with Crippen molar-refractivity contribution in [1.29, 1.82) is 0 Å². The van der Waals surface area contributed by atoms with E-state index in [0.29, 0.717) is 17.8 Å². The summed E-state index contributed by atoms with van der Waals surface area (Å²) in [6.45, 7) is 14.1. The number of nitrogens with zero attached hydrogens (tertiary/aromatic N) is 4. The fourth-order valence-electron chi connectivity index (χ4n) is 9.76. The average Bonchev–Trinajstić information content (AvgIpc) is 3.69. The number of aryl methyl sites for hydroxylation is 2. The second kappa shape index (κ2) is 15.5. The molecule has 312 valence electrons. The molecule has 4 fully saturated rings. The number of rotatable bonds is 11. The summed E-state index contributed by atoms with van der Waals surface area (Å²) in [6, 6.07) is 11.3. The van der Waals surface area contributed by atoms with Crippen LogP contribution in [0.3, 0.4) is 0 Å². The Morgan fingerprint density at radius 1 is 0.712 bits per heavy atom. The highest BCUT2D eigenvalue weighted by Gasteiger charge is 2.61. The lowest BCUT2D eigenvalue weighted by molar-refractivity contribution is -0.137. The van der Waals surface area contributed by atoms with Crippen LogP contribution in [0.4, 0.5) is 9.59 Å². The predicted octanol–water partition coefficient (Wildman–Crippen LogP) is 7.08. The Morgan fingerprint density at radius 3 is 1.64 bits per heavy atom. The van der Waals surface area contributed by atoms with Gasteiger partial charge in [-0.3, -0.25) is 9.59 Å². The normalized spacial score (nSPS) is 25.0. The van der Waals surface area contributed by atoms with Gasteiger partial charge in [0.1, 0.15) is 23.7 Å². The van der Waals surface area contributed by atoms with E-state index in [1.54, 1.807) is 0 Å². The van der Waals surface area contributed by atoms with E-state index in [-0.39, 0.29) is 47.8 Å². The molecule has 0 spiro atoms. The van der Waals surface area contributed by atoms with Gasteiger partial charge >= 0.3 is 12.2 Å². The van der Waals surface area contributed by atoms with Gasteiger partial charge in [-0.05, 0) is 97.1 Å². The summed E-state index contributed by atoms with van der Waals surface area (Å²) in [7, 11) is 2.61. The molecule has 0 bridgehead atoms. The summed E-state index contributed by atoms with van der Waals surface area (Å²) in [5.74, 6) is 2.36. The van der Waals surface area contributed by atoms with E-state index in [0.717, 1.165) is 75.7 Å². The standard InChI is InChI=1S/C45H56N8O6/c1-21(2)37(50-44(56)58-8)42(54)52-34-16-28(34)17-35(52)40-46-19-32(48-40)26-10-12-29(23(5)14-26)30-13-11-27(15-24(30)6)33-20-47-41(49-33)36-18-31-25(7)39(31)53(36)43(55)38(22(3)4)51-45(57)59-9/h10-15,19-22,25,28,31,34-39H,16-18H2,1-9H3,(H,46,48)(H,47,49)(H,50,56)(H,51,57)/t25?,28-,31+,34-,35+,36+,37+,38+,39-/m1/s1. The summed E-state index contributed by atoms with van der Waals surface area (Å²) in [4.78, 5) is 72.7. The Hall–Kier alpha value is -5.66. The molecule has 4 N–H and O–H groups in total. The third kappa shape index (κ3) is 7.35. The predicted molar refractivity (Wildman–Crippen MR) is 222 cm³/mol. The van der Waals surface area contributed by atoms with Crippen LogP contribution in [-0.2, 0) is 19.1 Å². The smallest absolute Gasteiger partial charge is 0.407 e. The molecule has 0 radical (unpaired) electrons. The number of amides is 4. The molecule has 9 atom stereocenters. The van der Waals surface area contributed by atoms with E-state index in [4.69, 9.17) is 19.4 Å². The molecule has 4 heterocycles. The van der Waals surface area contributed by atoms with Crippen LogP contribution < -0.4 is 10.6 Å². The number of carbonyl (C=O) groups is 4. The van der Waals surface area contributed by atoms with Crippen LogP contribution in [0.15, 0.2) is 48.8 Å². The SMILES string of the molecule is COC(=O)N[C@H](C(=O)N1[C@@H]2C[C@@H]2C[C@H]1c1nc(-c2ccc(-c3ccc(-c4c[nH]c([C@@H]5C[C@H]6C(C)[C@H]6N5C(=O)[C@@H](NC(=O)OC)C(C)C)n4)cc3C)c(C)c2)c[nH]1)C(C)C. The van der Waals surface area contributed by atoms with Gasteiger partial charge in [0.05, 0.1) is 37.7 Å². The van der Waals surface area contributed by atoms with E-state index < -0.39 is 24.3 Å². The number of methoxy groups -OCH3 is 2. The molecular weight excluding hydrogens is 749 g/mol. The first-order chi connectivity index (χ1) is 28.2. The van der Waals surface area contributed by atoms with E-state index >= 15 is 0 Å². The topological polar surface area (TPSA) is 175 Å². The number of ether oxygens (including phenoxy) is 2. The van der Waals surface area contributed by atoms with Crippen LogP contribution in [0.1, 0.15) is 88.7 Å². The largest absolute Gasteiger partial charge is 0.453 e. The fraction of sp³-hybridized carbons (Fsp3) is 0.511. The molecule has 8 rings (SSSR count). The molecule has 14 nitrogen and oxygen atoms in total. The highest BCUT2D eigenvalue weighted by atomic mass is 16.5. The van der Waals surface area contributed by atoms with Crippen molar-refractivity contribution in [2.24, 2.45) is 29.6 Å². The molecule has 4 aromatic rings. The number of hydrogen-bond acceptors (Lipinski definition) is 8. The van der Waals surface area contributed by atoms with Gasteiger partial charge in [0.25, 0.3) is 0 Å². The molecule has 59 heavy (non-hydrogen) atoms. The molecule has 4 aliphatic rings. The van der Waals surface area contributed by atoms with Gasteiger partial charge in [0, 0.05) is 35.6 Å². The van der Waals surface area contributed by atoms with Crippen molar-refractivity contribution in [2.75, 3.05) is 14.2 Å². The van der Waals surface area contributed by atoms with Crippen molar-refractivity contribution in [3.8, 4) is 33.6 Å². The third-order valence-electron chi connectivity index (χ3n) is 13.2. The number of imidazole rings is 2. The highest BCUT2D eigenvalue weighted by molar-refractivity contribution is 5.88. The zero-order valence-corrected chi connectivity index (χ0v) is 35.3. The Morgan fingerprint density at radius 2 is 1.19 bits per heavy atom. The third-order valence-corrected chi connectivity index (χ3v) is 13.2. The highest BCUT2D eigenvalue weighted by Crippen LogP contribution is 2.58. The minimum absolute atomic E-state index is 0.0998. The Kier molecular flexibility index (Phi) is 10.5. The molecule has 2 aromatic heterocycles. The van der Waals surface area contributed by atoms with Gasteiger partial charge in [-0.25, -0.2) is 19.6 Å². The first kappa shape index (κ1) is 40.1. The number of nitrogens with one attached hydrogen (secondary N) is 4. The van der Waals surface area contributed by atoms with Crippen LogP contribution in [0.5, 0.6) is 0 Å². The van der Waals surface area contributed by atoms with Gasteiger partial charge in [0.15, 0.2) is 0 Å². The maximum absolute atomic E-state index is 14.0. The van der Waals surface area contributed by atoms with Gasteiger partial charge in [0.2, 0.25) is 11.8 Å². The number of alkyl carbamates (subject to hydrolysis) is 2. The average molecular weight is 805 g/mol. The van der Waals surface area contributed by atoms with Crippen molar-refractivity contribution >= 4 is 24.0 Å². The minimum Gasteiger partial charge on any atom is -0.453 e. The molecule has 1 unspecified atom stereocenters. The van der Waals surface area contributed by atoms with E-state index in [9.17, 15) is 19.2 Å². The second-order valence-electron chi connectivity index (χ2n) is 17.7. The summed E-state index contributed by atoms with van der Waals surface area (Å²) in [5, 5.41) is 5.50. The van der Waals surface area contributed by atoms with Crippen LogP contribution in [0, 0.1) is 43.4 Å². The zero-order valence-electron chi connectivity index (χ0n) is 35.3. The van der Waals surface area contributed by atoms with Crippen molar-refractivity contribution < 1.29 is 28.7 Å². The van der Waals surface area contributed by atoms with Gasteiger partial charge in [-0.15, -0.1) is 0 Å². The number of aromatic amines is 2. The van der Waals surface area contributed by atoms with Crippen LogP contribution in [0.25, 0.3) is 33.6 Å². The number of hydrogen-bond donors (Lipinski definition) is 4. The molecule has 2 aliphatic heterocycles. The van der Waals surface area contributed by atoms with Crippen molar-refractivity contribution in [3.63, 3.8) is 0 Å². The lowest BCUT2D eigenvalue weighted by atomic mass is 9.93. The van der Waals surface area contributed by atoms with Gasteiger partial charge < -0.3 is 39.9 Å². The number of benzene rings is 2. The molecule has 4 amide bonds. The molecule has 2 saturated carbocycles. The van der Waals surface area contributed by atoms with Crippen LogP contribution in [-0.4, -0.2) is 92.1 Å². The van der Waals surface area contributed by atoms with Crippen molar-refractivity contribution in [1.82, 2.24) is 40.4 Å². The van der Waals surface area contributed by atoms with Crippen LogP contribution >= 0.6 is 0 Å². The summed E-state index contributed by atoms with van der Waals surface area (Å²) in [5.41, 5.74) is 8.04. The molecule has 2 saturated heterocycles. The van der Waals surface area contributed by atoms with E-state index in [2.05, 4.69) is 77.8 Å². The summed E-state index contributed by atoms with van der Waals surface area (Å²) >= 11 is 0. The van der Waals surface area contributed by atoms with Crippen molar-refractivity contribution in [2.45, 2.75) is 104 Å². The second-order valence-corrected chi connectivity index (χ2v) is 17.7. The zero-order chi connectivity index (χ0) is 42.0. The molecule has 2 aromatic carbocycles. The number of likely N-dealkylation sites (tertiary alicyclic amines) is 2. The van der Waals surface area contributed by atoms with Gasteiger partial charge in [-0.2, -0.15) is 0 Å². The Balaban J connectivity index is 0.975. The fourth-order valence-corrected chi connectivity index (χ4v) is 9.76. The summed E-state index contributed by atoms with van der Waals surface area (Å²) < 4.78 is 9.64. The van der Waals surface area contributed by atoms with Crippen LogP contribution in [0.2, 0.25) is 0 Å². The maximum atomic E-state index is 14.0. The maximum Gasteiger partial charge on any atom is 0.407 e. The molecule has 14 heteroatoms.